The van der Waals surface area contributed by atoms with Gasteiger partial charge >= 0.3 is 6.09 Å². The van der Waals surface area contributed by atoms with Crippen molar-refractivity contribution in [3.8, 4) is 5.75 Å². The van der Waals surface area contributed by atoms with E-state index in [1.54, 1.807) is 30.3 Å². The summed E-state index contributed by atoms with van der Waals surface area (Å²) >= 11 is 6.40. The van der Waals surface area contributed by atoms with Crippen LogP contribution in [0.5, 0.6) is 5.75 Å². The standard InChI is InChI=1S/C24H27ClN2O3/c1-16-6-9-20(10-7-16)30-24(29)26-19-8-11-21(22(25)14-19)23(28)27-13-12-17-4-2-3-5-18(17)15-27/h6-11,14,17-18H,2-5,12-13,15H2,1H3,(H,26,29)/t17-,18+/m1/s1. The van der Waals surface area contributed by atoms with Gasteiger partial charge in [0.05, 0.1) is 10.6 Å². The normalized spacial score (nSPS) is 20.9. The van der Waals surface area contributed by atoms with Crippen LogP contribution in [0.25, 0.3) is 0 Å². The van der Waals surface area contributed by atoms with Crippen molar-refractivity contribution >= 4 is 29.3 Å². The molecule has 1 saturated heterocycles. The van der Waals surface area contributed by atoms with Crippen LogP contribution in [0.4, 0.5) is 10.5 Å². The third-order valence-electron chi connectivity index (χ3n) is 6.26. The summed E-state index contributed by atoms with van der Waals surface area (Å²) in [5.41, 5.74) is 2.05. The van der Waals surface area contributed by atoms with Gasteiger partial charge in [-0.15, -0.1) is 0 Å². The molecule has 4 rings (SSSR count). The lowest BCUT2D eigenvalue weighted by Crippen LogP contribution is -2.44. The highest BCUT2D eigenvalue weighted by Gasteiger charge is 2.33. The third-order valence-corrected chi connectivity index (χ3v) is 6.57. The zero-order valence-corrected chi connectivity index (χ0v) is 18.0. The van der Waals surface area contributed by atoms with Crippen molar-refractivity contribution in [2.75, 3.05) is 18.4 Å². The lowest BCUT2D eigenvalue weighted by Gasteiger charge is -2.41. The minimum Gasteiger partial charge on any atom is -0.410 e. The van der Waals surface area contributed by atoms with Crippen LogP contribution in [0.1, 0.15) is 48.0 Å². The maximum Gasteiger partial charge on any atom is 0.417 e. The van der Waals surface area contributed by atoms with Gasteiger partial charge in [0.15, 0.2) is 0 Å². The number of halogens is 1. The van der Waals surface area contributed by atoms with Gasteiger partial charge in [-0.2, -0.15) is 0 Å². The Kier molecular flexibility index (Phi) is 6.28. The minimum absolute atomic E-state index is 0.0298. The van der Waals surface area contributed by atoms with Crippen LogP contribution in [0, 0.1) is 18.8 Å². The van der Waals surface area contributed by atoms with E-state index in [0.29, 0.717) is 27.9 Å². The molecule has 2 aliphatic rings. The number of nitrogens with zero attached hydrogens (tertiary/aromatic N) is 1. The highest BCUT2D eigenvalue weighted by Crippen LogP contribution is 2.36. The number of nitrogens with one attached hydrogen (secondary N) is 1. The highest BCUT2D eigenvalue weighted by atomic mass is 35.5. The lowest BCUT2D eigenvalue weighted by atomic mass is 9.75. The van der Waals surface area contributed by atoms with E-state index in [1.807, 2.05) is 24.0 Å². The molecule has 6 heteroatoms. The quantitative estimate of drug-likeness (QED) is 0.663. The number of amides is 2. The predicted octanol–water partition coefficient (Wildman–Crippen LogP) is 5.91. The van der Waals surface area contributed by atoms with E-state index < -0.39 is 6.09 Å². The van der Waals surface area contributed by atoms with Gasteiger partial charge in [0.2, 0.25) is 0 Å². The molecule has 158 valence electrons. The molecule has 2 aromatic rings. The largest absolute Gasteiger partial charge is 0.417 e. The van der Waals surface area contributed by atoms with Crippen LogP contribution in [0.3, 0.4) is 0 Å². The van der Waals surface area contributed by atoms with E-state index in [4.69, 9.17) is 16.3 Å². The average molecular weight is 427 g/mol. The van der Waals surface area contributed by atoms with Crippen molar-refractivity contribution in [2.24, 2.45) is 11.8 Å². The van der Waals surface area contributed by atoms with E-state index in [9.17, 15) is 9.59 Å². The first-order chi connectivity index (χ1) is 14.5. The first-order valence-electron chi connectivity index (χ1n) is 10.6. The molecule has 0 bridgehead atoms. The zero-order valence-electron chi connectivity index (χ0n) is 17.2. The number of fused-ring (bicyclic) bond motifs is 1. The summed E-state index contributed by atoms with van der Waals surface area (Å²) in [7, 11) is 0. The van der Waals surface area contributed by atoms with Crippen LogP contribution in [0.2, 0.25) is 5.02 Å². The maximum atomic E-state index is 13.0. The number of benzene rings is 2. The number of hydrogen-bond acceptors (Lipinski definition) is 3. The fourth-order valence-electron chi connectivity index (χ4n) is 4.58. The van der Waals surface area contributed by atoms with E-state index in [0.717, 1.165) is 31.0 Å². The summed E-state index contributed by atoms with van der Waals surface area (Å²) in [6, 6.07) is 12.2. The Hall–Kier alpha value is -2.53. The Labute approximate surface area is 182 Å². The summed E-state index contributed by atoms with van der Waals surface area (Å²) in [6.07, 6.45) is 5.58. The molecule has 2 aromatic carbocycles. The van der Waals surface area contributed by atoms with Crippen molar-refractivity contribution in [3.05, 3.63) is 58.6 Å². The van der Waals surface area contributed by atoms with Crippen molar-refractivity contribution in [1.29, 1.82) is 0 Å². The molecule has 1 saturated carbocycles. The van der Waals surface area contributed by atoms with Crippen LogP contribution in [0.15, 0.2) is 42.5 Å². The zero-order chi connectivity index (χ0) is 21.1. The minimum atomic E-state index is -0.603. The van der Waals surface area contributed by atoms with Crippen molar-refractivity contribution in [3.63, 3.8) is 0 Å². The van der Waals surface area contributed by atoms with Gasteiger partial charge in [-0.1, -0.05) is 48.6 Å². The predicted molar refractivity (Wildman–Crippen MR) is 118 cm³/mol. The van der Waals surface area contributed by atoms with Gasteiger partial charge in [-0.05, 0) is 61.9 Å². The van der Waals surface area contributed by atoms with E-state index >= 15 is 0 Å². The summed E-state index contributed by atoms with van der Waals surface area (Å²) in [6.45, 7) is 3.58. The molecule has 0 unspecified atom stereocenters. The van der Waals surface area contributed by atoms with Gasteiger partial charge in [-0.3, -0.25) is 10.1 Å². The van der Waals surface area contributed by atoms with E-state index in [1.165, 1.54) is 25.7 Å². The molecule has 2 atom stereocenters. The van der Waals surface area contributed by atoms with Gasteiger partial charge in [0.25, 0.3) is 5.91 Å². The third kappa shape index (κ3) is 4.78. The van der Waals surface area contributed by atoms with Crippen LogP contribution in [-0.2, 0) is 0 Å². The van der Waals surface area contributed by atoms with Crippen molar-refractivity contribution < 1.29 is 14.3 Å². The molecule has 5 nitrogen and oxygen atoms in total. The fourth-order valence-corrected chi connectivity index (χ4v) is 4.84. The second kappa shape index (κ2) is 9.09. The molecule has 1 N–H and O–H groups in total. The molecule has 1 heterocycles. The first kappa shape index (κ1) is 20.7. The average Bonchev–Trinajstić information content (AvgIpc) is 2.74. The Morgan fingerprint density at radius 1 is 1.03 bits per heavy atom. The number of carbonyl (C=O) groups is 2. The van der Waals surface area contributed by atoms with Crippen molar-refractivity contribution in [2.45, 2.75) is 39.0 Å². The molecule has 0 radical (unpaired) electrons. The number of anilines is 1. The number of aryl methyl sites for hydroxylation is 1. The number of carbonyl (C=O) groups excluding carboxylic acids is 2. The first-order valence-corrected chi connectivity index (χ1v) is 11.0. The van der Waals surface area contributed by atoms with E-state index in [2.05, 4.69) is 5.32 Å². The monoisotopic (exact) mass is 426 g/mol. The number of ether oxygens (including phenoxy) is 1. The molecule has 2 amide bonds. The Bertz CT molecular complexity index is 929. The summed E-state index contributed by atoms with van der Waals surface area (Å²) in [5, 5.41) is 2.99. The maximum absolute atomic E-state index is 13.0. The number of hydrogen-bond donors (Lipinski definition) is 1. The molecular weight excluding hydrogens is 400 g/mol. The Morgan fingerprint density at radius 3 is 2.50 bits per heavy atom. The topological polar surface area (TPSA) is 58.6 Å². The van der Waals surface area contributed by atoms with Gasteiger partial charge in [0.1, 0.15) is 5.75 Å². The van der Waals surface area contributed by atoms with Crippen LogP contribution < -0.4 is 10.1 Å². The highest BCUT2D eigenvalue weighted by molar-refractivity contribution is 6.34. The Morgan fingerprint density at radius 2 is 1.77 bits per heavy atom. The molecule has 30 heavy (non-hydrogen) atoms. The van der Waals surface area contributed by atoms with Crippen LogP contribution >= 0.6 is 11.6 Å². The lowest BCUT2D eigenvalue weighted by molar-refractivity contribution is 0.0521. The van der Waals surface area contributed by atoms with Crippen molar-refractivity contribution in [1.82, 2.24) is 4.90 Å². The molecule has 2 fully saturated rings. The molecule has 1 aliphatic carbocycles. The van der Waals surface area contributed by atoms with Gasteiger partial charge < -0.3 is 9.64 Å². The summed E-state index contributed by atoms with van der Waals surface area (Å²) in [4.78, 5) is 27.1. The number of likely N-dealkylation sites (tertiary alicyclic amines) is 1. The fraction of sp³-hybridized carbons (Fsp3) is 0.417. The SMILES string of the molecule is Cc1ccc(OC(=O)Nc2ccc(C(=O)N3CC[C@H]4CCCC[C@H]4C3)c(Cl)c2)cc1. The summed E-state index contributed by atoms with van der Waals surface area (Å²) < 4.78 is 5.27. The summed E-state index contributed by atoms with van der Waals surface area (Å²) in [5.74, 6) is 1.82. The smallest absolute Gasteiger partial charge is 0.410 e. The van der Waals surface area contributed by atoms with Gasteiger partial charge in [-0.25, -0.2) is 4.79 Å². The van der Waals surface area contributed by atoms with E-state index in [-0.39, 0.29) is 5.91 Å². The van der Waals surface area contributed by atoms with Gasteiger partial charge in [0, 0.05) is 18.8 Å². The molecule has 0 spiro atoms. The second-order valence-electron chi connectivity index (χ2n) is 8.37. The molecule has 0 aromatic heterocycles. The second-order valence-corrected chi connectivity index (χ2v) is 8.77. The number of rotatable bonds is 3. The molecule has 1 aliphatic heterocycles. The number of piperidine rings is 1. The van der Waals surface area contributed by atoms with Crippen LogP contribution in [-0.4, -0.2) is 30.0 Å². The molecular formula is C24H27ClN2O3. The Balaban J connectivity index is 1.38.